The summed E-state index contributed by atoms with van der Waals surface area (Å²) < 4.78 is 66.5. The molecule has 2 fully saturated rings. The average molecular weight is 595 g/mol. The molecule has 0 unspecified atom stereocenters. The Morgan fingerprint density at radius 2 is 1.14 bits per heavy atom. The van der Waals surface area contributed by atoms with Crippen molar-refractivity contribution in [1.29, 1.82) is 0 Å². The molecular formula is C30H42O12. The van der Waals surface area contributed by atoms with Crippen molar-refractivity contribution in [3.05, 3.63) is 0 Å². The predicted octanol–water partition coefficient (Wildman–Crippen LogP) is 0.625. The molecule has 2 aliphatic rings. The van der Waals surface area contributed by atoms with E-state index < -0.39 is 48.5 Å². The van der Waals surface area contributed by atoms with Crippen molar-refractivity contribution in [3.63, 3.8) is 0 Å². The highest BCUT2D eigenvalue weighted by Crippen LogP contribution is 2.31. The van der Waals surface area contributed by atoms with Crippen LogP contribution in [0, 0.1) is 60.2 Å². The standard InChI is InChI=1S/C30H42O12/c1-8-22-14-26(38-19-33-5)23(27(41-22)15-36-17-31-3)12-10-11-13-24-28(16-37-18-32-4)42-25(9-2)30(40-21-35-7)29(24)39-20-34-6/h1-2,22-30H,14-21H2,3-7H3/t22-,23+,24-,25-,26-,27-,28-,29-,30+/m1/s1. The van der Waals surface area contributed by atoms with Crippen LogP contribution >= 0.6 is 0 Å². The van der Waals surface area contributed by atoms with Gasteiger partial charge in [-0.3, -0.25) is 0 Å². The van der Waals surface area contributed by atoms with Crippen LogP contribution in [0.1, 0.15) is 6.42 Å². The van der Waals surface area contributed by atoms with Gasteiger partial charge in [-0.15, -0.1) is 12.8 Å². The fourth-order valence-electron chi connectivity index (χ4n) is 4.51. The van der Waals surface area contributed by atoms with Crippen molar-refractivity contribution in [1.82, 2.24) is 0 Å². The summed E-state index contributed by atoms with van der Waals surface area (Å²) in [5.41, 5.74) is 0. The van der Waals surface area contributed by atoms with Crippen molar-refractivity contribution in [2.24, 2.45) is 11.8 Å². The predicted molar refractivity (Wildman–Crippen MR) is 148 cm³/mol. The second kappa shape index (κ2) is 21.4. The van der Waals surface area contributed by atoms with Crippen LogP contribution in [-0.4, -0.2) is 125 Å². The smallest absolute Gasteiger partial charge is 0.147 e. The van der Waals surface area contributed by atoms with Crippen LogP contribution in [-0.2, 0) is 56.8 Å². The Bertz CT molecular complexity index is 954. The monoisotopic (exact) mass is 594 g/mol. The van der Waals surface area contributed by atoms with Crippen molar-refractivity contribution >= 4 is 0 Å². The third-order valence-corrected chi connectivity index (χ3v) is 6.30. The lowest BCUT2D eigenvalue weighted by atomic mass is 9.86. The third-order valence-electron chi connectivity index (χ3n) is 6.30. The van der Waals surface area contributed by atoms with Gasteiger partial charge in [-0.25, -0.2) is 0 Å². The summed E-state index contributed by atoms with van der Waals surface area (Å²) in [6.07, 6.45) is 7.86. The van der Waals surface area contributed by atoms with E-state index in [-0.39, 0.29) is 53.3 Å². The molecule has 0 spiro atoms. The molecule has 9 atom stereocenters. The zero-order valence-corrected chi connectivity index (χ0v) is 24.9. The second-order valence-electron chi connectivity index (χ2n) is 9.16. The number of hydrogen-bond donors (Lipinski definition) is 0. The van der Waals surface area contributed by atoms with Crippen molar-refractivity contribution in [2.75, 3.05) is 82.7 Å². The minimum atomic E-state index is -0.752. The third kappa shape index (κ3) is 11.4. The normalized spacial score (nSPS) is 30.7. The fraction of sp³-hybridized carbons (Fsp3) is 0.733. The van der Waals surface area contributed by atoms with Gasteiger partial charge in [0.2, 0.25) is 0 Å². The molecule has 0 aliphatic carbocycles. The number of hydrogen-bond acceptors (Lipinski definition) is 12. The van der Waals surface area contributed by atoms with Gasteiger partial charge in [0.05, 0.1) is 43.4 Å². The van der Waals surface area contributed by atoms with E-state index in [2.05, 4.69) is 35.5 Å². The SMILES string of the molecule is C#C[C@@H]1C[C@@H](OCOC)[C@H](C#CC#C[C@H]2[C@@H](OCOC)[C@@H](OCOC)[C@@H](C#C)O[C@@H]2COCOC)[C@@H](COCOC)O1. The van der Waals surface area contributed by atoms with E-state index in [9.17, 15) is 0 Å². The molecular weight excluding hydrogens is 552 g/mol. The number of rotatable bonds is 17. The maximum atomic E-state index is 6.15. The molecule has 0 N–H and O–H groups in total. The molecule has 12 nitrogen and oxygen atoms in total. The lowest BCUT2D eigenvalue weighted by Gasteiger charge is -2.42. The van der Waals surface area contributed by atoms with E-state index in [1.54, 1.807) is 7.11 Å². The Balaban J connectivity index is 2.39. The number of terminal acetylenes is 2. The molecule has 0 bridgehead atoms. The van der Waals surface area contributed by atoms with Gasteiger partial charge in [0.15, 0.2) is 0 Å². The Morgan fingerprint density at radius 1 is 0.619 bits per heavy atom. The molecule has 234 valence electrons. The first kappa shape index (κ1) is 36.0. The molecule has 2 saturated heterocycles. The first-order valence-electron chi connectivity index (χ1n) is 13.3. The summed E-state index contributed by atoms with van der Waals surface area (Å²) >= 11 is 0. The second-order valence-corrected chi connectivity index (χ2v) is 9.16. The van der Waals surface area contributed by atoms with Gasteiger partial charge in [0.1, 0.15) is 58.4 Å². The van der Waals surface area contributed by atoms with Gasteiger partial charge in [-0.05, 0) is 11.8 Å². The molecule has 2 aliphatic heterocycles. The summed E-state index contributed by atoms with van der Waals surface area (Å²) in [6.45, 7) is 0.493. The molecule has 0 aromatic carbocycles. The summed E-state index contributed by atoms with van der Waals surface area (Å²) in [7, 11) is 7.62. The lowest BCUT2D eigenvalue weighted by Crippen LogP contribution is -2.57. The number of ether oxygens (including phenoxy) is 12. The van der Waals surface area contributed by atoms with E-state index in [4.69, 9.17) is 69.7 Å². The van der Waals surface area contributed by atoms with Gasteiger partial charge in [-0.2, -0.15) is 0 Å². The van der Waals surface area contributed by atoms with Gasteiger partial charge >= 0.3 is 0 Å². The first-order chi connectivity index (χ1) is 20.6. The van der Waals surface area contributed by atoms with E-state index in [1.807, 2.05) is 0 Å². The molecule has 0 saturated carbocycles. The quantitative estimate of drug-likeness (QED) is 0.134. The number of methoxy groups -OCH3 is 5. The highest BCUT2D eigenvalue weighted by molar-refractivity contribution is 5.31. The highest BCUT2D eigenvalue weighted by Gasteiger charge is 2.46. The Kier molecular flexibility index (Phi) is 18.4. The summed E-state index contributed by atoms with van der Waals surface area (Å²) in [5, 5.41) is 0. The van der Waals surface area contributed by atoms with Crippen LogP contribution in [0.25, 0.3) is 0 Å². The van der Waals surface area contributed by atoms with Gasteiger partial charge in [0.25, 0.3) is 0 Å². The summed E-state index contributed by atoms with van der Waals surface area (Å²) in [6, 6.07) is 0. The minimum Gasteiger partial charge on any atom is -0.359 e. The highest BCUT2D eigenvalue weighted by atomic mass is 16.7. The van der Waals surface area contributed by atoms with Crippen molar-refractivity contribution < 1.29 is 56.8 Å². The zero-order chi connectivity index (χ0) is 30.6. The Hall–Kier alpha value is -2.24. The molecule has 0 aromatic rings. The molecule has 42 heavy (non-hydrogen) atoms. The van der Waals surface area contributed by atoms with Crippen LogP contribution < -0.4 is 0 Å². The largest absolute Gasteiger partial charge is 0.359 e. The maximum absolute atomic E-state index is 6.15. The molecule has 12 heteroatoms. The Labute approximate surface area is 249 Å². The molecule has 2 heterocycles. The van der Waals surface area contributed by atoms with E-state index in [0.717, 1.165) is 0 Å². The van der Waals surface area contributed by atoms with E-state index in [0.29, 0.717) is 6.42 Å². The minimum absolute atomic E-state index is 0.0261. The van der Waals surface area contributed by atoms with Crippen LogP contribution in [0.5, 0.6) is 0 Å². The van der Waals surface area contributed by atoms with Gasteiger partial charge < -0.3 is 56.8 Å². The van der Waals surface area contributed by atoms with Crippen molar-refractivity contribution in [2.45, 2.75) is 49.1 Å². The zero-order valence-electron chi connectivity index (χ0n) is 24.9. The first-order valence-corrected chi connectivity index (χ1v) is 13.3. The Morgan fingerprint density at radius 3 is 1.69 bits per heavy atom. The van der Waals surface area contributed by atoms with Crippen LogP contribution in [0.4, 0.5) is 0 Å². The van der Waals surface area contributed by atoms with Gasteiger partial charge in [-0.1, -0.05) is 23.7 Å². The molecule has 0 radical (unpaired) electrons. The summed E-state index contributed by atoms with van der Waals surface area (Å²) in [5.74, 6) is 16.5. The lowest BCUT2D eigenvalue weighted by molar-refractivity contribution is -0.246. The molecule has 0 amide bonds. The van der Waals surface area contributed by atoms with Crippen LogP contribution in [0.15, 0.2) is 0 Å². The topological polar surface area (TPSA) is 111 Å². The van der Waals surface area contributed by atoms with E-state index >= 15 is 0 Å². The van der Waals surface area contributed by atoms with Crippen molar-refractivity contribution in [3.8, 4) is 48.4 Å². The van der Waals surface area contributed by atoms with Crippen LogP contribution in [0.2, 0.25) is 0 Å². The molecule has 0 aromatic heterocycles. The van der Waals surface area contributed by atoms with Gasteiger partial charge in [0, 0.05) is 42.0 Å². The average Bonchev–Trinajstić information content (AvgIpc) is 3.01. The maximum Gasteiger partial charge on any atom is 0.147 e. The molecule has 2 rings (SSSR count). The van der Waals surface area contributed by atoms with E-state index in [1.165, 1.54) is 28.4 Å². The fourth-order valence-corrected chi connectivity index (χ4v) is 4.51. The summed E-state index contributed by atoms with van der Waals surface area (Å²) in [4.78, 5) is 0. The van der Waals surface area contributed by atoms with Crippen LogP contribution in [0.3, 0.4) is 0 Å².